The molecule has 0 aliphatic heterocycles. The van der Waals surface area contributed by atoms with E-state index in [1.165, 1.54) is 25.7 Å². The lowest BCUT2D eigenvalue weighted by molar-refractivity contribution is 0.318. The Labute approximate surface area is 39.6 Å². The van der Waals surface area contributed by atoms with Crippen molar-refractivity contribution in [3.05, 3.63) is 6.92 Å². The zero-order chi connectivity index (χ0) is 4.41. The van der Waals surface area contributed by atoms with E-state index < -0.39 is 0 Å². The van der Waals surface area contributed by atoms with E-state index in [1.54, 1.807) is 0 Å². The van der Waals surface area contributed by atoms with Crippen LogP contribution < -0.4 is 0 Å². The van der Waals surface area contributed by atoms with Crippen molar-refractivity contribution in [3.8, 4) is 0 Å². The molecule has 0 bridgehead atoms. The fourth-order valence-electron chi connectivity index (χ4n) is 0.781. The first kappa shape index (κ1) is 4.17. The molecule has 0 N–H and O–H groups in total. The zero-order valence-corrected chi connectivity index (χ0v) is 4.11. The summed E-state index contributed by atoms with van der Waals surface area (Å²) in [4.78, 5) is 0. The average molecular weight is 83.2 g/mol. The van der Waals surface area contributed by atoms with Crippen molar-refractivity contribution in [2.24, 2.45) is 5.92 Å². The quantitative estimate of drug-likeness (QED) is 0.455. The standard InChI is InChI=1S/C6H11/c1-2-6-4-3-5-6/h6H,1-5H2. The zero-order valence-electron chi connectivity index (χ0n) is 4.11. The minimum Gasteiger partial charge on any atom is -0.0530 e. The van der Waals surface area contributed by atoms with E-state index in [0.29, 0.717) is 0 Å². The Morgan fingerprint density at radius 1 is 1.50 bits per heavy atom. The highest BCUT2D eigenvalue weighted by molar-refractivity contribution is 4.69. The second-order valence-electron chi connectivity index (χ2n) is 2.09. The van der Waals surface area contributed by atoms with Crippen molar-refractivity contribution in [2.75, 3.05) is 0 Å². The highest BCUT2D eigenvalue weighted by atomic mass is 14.2. The summed E-state index contributed by atoms with van der Waals surface area (Å²) in [7, 11) is 0. The fourth-order valence-corrected chi connectivity index (χ4v) is 0.781. The van der Waals surface area contributed by atoms with Crippen LogP contribution in [0.25, 0.3) is 0 Å². The van der Waals surface area contributed by atoms with Gasteiger partial charge in [0.05, 0.1) is 0 Å². The van der Waals surface area contributed by atoms with Crippen molar-refractivity contribution in [3.63, 3.8) is 0 Å². The summed E-state index contributed by atoms with van der Waals surface area (Å²) in [5.74, 6) is 1.00. The maximum atomic E-state index is 3.81. The molecule has 1 fully saturated rings. The van der Waals surface area contributed by atoms with Gasteiger partial charge in [0.25, 0.3) is 0 Å². The molecule has 0 unspecified atom stereocenters. The minimum absolute atomic E-state index is 1.00. The third-order valence-electron chi connectivity index (χ3n) is 1.63. The van der Waals surface area contributed by atoms with Crippen molar-refractivity contribution < 1.29 is 0 Å². The molecule has 0 amide bonds. The van der Waals surface area contributed by atoms with Gasteiger partial charge in [-0.15, -0.1) is 0 Å². The largest absolute Gasteiger partial charge is 0.0530 e. The van der Waals surface area contributed by atoms with Gasteiger partial charge in [0.2, 0.25) is 0 Å². The molecule has 1 rings (SSSR count). The molecule has 0 heteroatoms. The fraction of sp³-hybridized carbons (Fsp3) is 0.833. The Morgan fingerprint density at radius 2 is 2.17 bits per heavy atom. The number of rotatable bonds is 1. The number of hydrogen-bond acceptors (Lipinski definition) is 0. The summed E-state index contributed by atoms with van der Waals surface area (Å²) in [6, 6.07) is 0. The van der Waals surface area contributed by atoms with Gasteiger partial charge in [-0.3, -0.25) is 0 Å². The number of hydrogen-bond donors (Lipinski definition) is 0. The van der Waals surface area contributed by atoms with Crippen LogP contribution in [0.15, 0.2) is 0 Å². The van der Waals surface area contributed by atoms with E-state index in [1.807, 2.05) is 0 Å². The Kier molecular flexibility index (Phi) is 1.13. The van der Waals surface area contributed by atoms with Crippen molar-refractivity contribution in [2.45, 2.75) is 25.7 Å². The van der Waals surface area contributed by atoms with Gasteiger partial charge < -0.3 is 0 Å². The molecule has 0 aromatic heterocycles. The minimum atomic E-state index is 1.00. The van der Waals surface area contributed by atoms with Gasteiger partial charge in [-0.05, 0) is 5.92 Å². The molecule has 1 aliphatic carbocycles. The molecule has 0 atom stereocenters. The van der Waals surface area contributed by atoms with Crippen LogP contribution in [0.1, 0.15) is 25.7 Å². The molecule has 0 nitrogen and oxygen atoms in total. The van der Waals surface area contributed by atoms with E-state index in [4.69, 9.17) is 0 Å². The second kappa shape index (κ2) is 1.63. The summed E-state index contributed by atoms with van der Waals surface area (Å²) in [5.41, 5.74) is 0. The lowest BCUT2D eigenvalue weighted by Crippen LogP contribution is -2.08. The van der Waals surface area contributed by atoms with Gasteiger partial charge >= 0.3 is 0 Å². The monoisotopic (exact) mass is 83.1 g/mol. The summed E-state index contributed by atoms with van der Waals surface area (Å²) < 4.78 is 0. The predicted octanol–water partition coefficient (Wildman–Crippen LogP) is 2.01. The van der Waals surface area contributed by atoms with E-state index in [-0.39, 0.29) is 0 Å². The average Bonchev–Trinajstić information content (AvgIpc) is 1.31. The van der Waals surface area contributed by atoms with E-state index in [0.717, 1.165) is 5.92 Å². The molecule has 1 saturated carbocycles. The maximum Gasteiger partial charge on any atom is -0.0414 e. The SMILES string of the molecule is [CH2]CC1CCC1. The van der Waals surface area contributed by atoms with Gasteiger partial charge in [-0.2, -0.15) is 0 Å². The van der Waals surface area contributed by atoms with Gasteiger partial charge in [-0.25, -0.2) is 0 Å². The molecule has 0 spiro atoms. The second-order valence-corrected chi connectivity index (χ2v) is 2.09. The summed E-state index contributed by atoms with van der Waals surface area (Å²) >= 11 is 0. The molecule has 0 aromatic carbocycles. The summed E-state index contributed by atoms with van der Waals surface area (Å²) in [6.45, 7) is 3.81. The van der Waals surface area contributed by atoms with Gasteiger partial charge in [0, 0.05) is 0 Å². The van der Waals surface area contributed by atoms with Gasteiger partial charge in [0.15, 0.2) is 0 Å². The first-order chi connectivity index (χ1) is 2.93. The van der Waals surface area contributed by atoms with E-state index in [2.05, 4.69) is 6.92 Å². The highest BCUT2D eigenvalue weighted by Gasteiger charge is 2.13. The third kappa shape index (κ3) is 0.562. The molecular weight excluding hydrogens is 72.1 g/mol. The van der Waals surface area contributed by atoms with E-state index >= 15 is 0 Å². The van der Waals surface area contributed by atoms with Gasteiger partial charge in [-0.1, -0.05) is 32.6 Å². The molecule has 0 saturated heterocycles. The first-order valence-electron chi connectivity index (χ1n) is 2.72. The van der Waals surface area contributed by atoms with Crippen LogP contribution in [-0.2, 0) is 0 Å². The molecule has 0 aromatic rings. The molecule has 35 valence electrons. The lowest BCUT2D eigenvalue weighted by Gasteiger charge is -2.22. The van der Waals surface area contributed by atoms with Crippen LogP contribution in [0.2, 0.25) is 0 Å². The Hall–Kier alpha value is 0. The highest BCUT2D eigenvalue weighted by Crippen LogP contribution is 2.28. The molecule has 1 radical (unpaired) electrons. The summed E-state index contributed by atoms with van der Waals surface area (Å²) in [6.07, 6.45) is 5.52. The molecule has 0 heterocycles. The predicted molar refractivity (Wildman–Crippen MR) is 27.3 cm³/mol. The Morgan fingerprint density at radius 3 is 2.17 bits per heavy atom. The smallest absolute Gasteiger partial charge is 0.0414 e. The Balaban J connectivity index is 2.01. The molecular formula is C6H11. The third-order valence-corrected chi connectivity index (χ3v) is 1.63. The topological polar surface area (TPSA) is 0 Å². The Bertz CT molecular complexity index is 32.5. The van der Waals surface area contributed by atoms with Crippen LogP contribution in [-0.4, -0.2) is 0 Å². The normalized spacial score (nSPS) is 23.5. The summed E-state index contributed by atoms with van der Waals surface area (Å²) in [5, 5.41) is 0. The molecule has 1 aliphatic rings. The maximum absolute atomic E-state index is 3.81. The van der Waals surface area contributed by atoms with Crippen molar-refractivity contribution in [1.29, 1.82) is 0 Å². The van der Waals surface area contributed by atoms with Crippen LogP contribution in [0.4, 0.5) is 0 Å². The van der Waals surface area contributed by atoms with Crippen LogP contribution in [0.3, 0.4) is 0 Å². The molecule has 6 heavy (non-hydrogen) atoms. The van der Waals surface area contributed by atoms with Crippen LogP contribution in [0.5, 0.6) is 0 Å². The van der Waals surface area contributed by atoms with Crippen LogP contribution in [0, 0.1) is 12.8 Å². The van der Waals surface area contributed by atoms with E-state index in [9.17, 15) is 0 Å². The first-order valence-corrected chi connectivity index (χ1v) is 2.72. The van der Waals surface area contributed by atoms with Crippen molar-refractivity contribution >= 4 is 0 Å². The van der Waals surface area contributed by atoms with Crippen molar-refractivity contribution in [1.82, 2.24) is 0 Å². The van der Waals surface area contributed by atoms with Gasteiger partial charge in [0.1, 0.15) is 0 Å². The lowest BCUT2D eigenvalue weighted by atomic mass is 9.84. The van der Waals surface area contributed by atoms with Crippen LogP contribution >= 0.6 is 0 Å².